The molecule has 1 heterocycles. The molecule has 4 aromatic rings. The molecule has 0 saturated carbocycles. The first-order valence-corrected chi connectivity index (χ1v) is 10.6. The number of hydrogen-bond acceptors (Lipinski definition) is 9. The average Bonchev–Trinajstić information content (AvgIpc) is 2.85. The van der Waals surface area contributed by atoms with E-state index in [0.717, 1.165) is 0 Å². The molecule has 0 unspecified atom stereocenters. The summed E-state index contributed by atoms with van der Waals surface area (Å²) in [6.45, 7) is 1.48. The van der Waals surface area contributed by atoms with Crippen molar-refractivity contribution in [2.45, 2.75) is 6.92 Å². The molecule has 0 aliphatic rings. The Morgan fingerprint density at radius 2 is 0.806 bits per heavy atom. The molecule has 4 rings (SSSR count). The highest BCUT2D eigenvalue weighted by molar-refractivity contribution is 5.94. The highest BCUT2D eigenvalue weighted by Crippen LogP contribution is 2.22. The third kappa shape index (κ3) is 5.97. The van der Waals surface area contributed by atoms with Crippen LogP contribution in [0.25, 0.3) is 0 Å². The number of carboxylic acids is 2. The number of hydrogen-bond donors (Lipinski definition) is 5. The van der Waals surface area contributed by atoms with Gasteiger partial charge in [0.15, 0.2) is 5.78 Å². The van der Waals surface area contributed by atoms with Crippen molar-refractivity contribution in [1.82, 2.24) is 15.0 Å². The van der Waals surface area contributed by atoms with Crippen molar-refractivity contribution in [3.63, 3.8) is 0 Å². The van der Waals surface area contributed by atoms with Gasteiger partial charge in [-0.2, -0.15) is 15.0 Å². The molecule has 5 N–H and O–H groups in total. The summed E-state index contributed by atoms with van der Waals surface area (Å²) in [6.07, 6.45) is 0. The Labute approximate surface area is 204 Å². The van der Waals surface area contributed by atoms with Crippen LogP contribution >= 0.6 is 0 Å². The van der Waals surface area contributed by atoms with Gasteiger partial charge in [-0.15, -0.1) is 0 Å². The van der Waals surface area contributed by atoms with Gasteiger partial charge in [0.05, 0.1) is 11.1 Å². The van der Waals surface area contributed by atoms with Crippen LogP contribution in [0.2, 0.25) is 0 Å². The minimum Gasteiger partial charge on any atom is -0.478 e. The van der Waals surface area contributed by atoms with E-state index in [4.69, 9.17) is 10.2 Å². The SMILES string of the molecule is CC(=O)c1ccc(Nc2nc(Nc3ccc(C(=O)O)cc3)nc(Nc3ccc(C(=O)O)cc3)n2)cc1. The lowest BCUT2D eigenvalue weighted by Crippen LogP contribution is -2.08. The zero-order valence-electron chi connectivity index (χ0n) is 18.9. The fourth-order valence-corrected chi connectivity index (χ4v) is 3.11. The Hall–Kier alpha value is -5.32. The summed E-state index contributed by atoms with van der Waals surface area (Å²) in [5.74, 6) is -1.60. The van der Waals surface area contributed by atoms with Gasteiger partial charge in [-0.25, -0.2) is 9.59 Å². The van der Waals surface area contributed by atoms with E-state index in [2.05, 4.69) is 30.9 Å². The monoisotopic (exact) mass is 484 g/mol. The van der Waals surface area contributed by atoms with Crippen molar-refractivity contribution < 1.29 is 24.6 Å². The number of carboxylic acid groups (broad SMARTS) is 2. The topological polar surface area (TPSA) is 166 Å². The van der Waals surface area contributed by atoms with Gasteiger partial charge in [0.2, 0.25) is 17.8 Å². The second kappa shape index (κ2) is 10.3. The number of anilines is 6. The summed E-state index contributed by atoms with van der Waals surface area (Å²) in [5, 5.41) is 27.3. The van der Waals surface area contributed by atoms with Crippen molar-refractivity contribution in [1.29, 1.82) is 0 Å². The lowest BCUT2D eigenvalue weighted by molar-refractivity contribution is 0.0686. The Kier molecular flexibility index (Phi) is 6.82. The van der Waals surface area contributed by atoms with Crippen LogP contribution < -0.4 is 16.0 Å². The van der Waals surface area contributed by atoms with E-state index in [1.807, 2.05) is 0 Å². The number of carbonyl (C=O) groups excluding carboxylic acids is 1. The fraction of sp³-hybridized carbons (Fsp3) is 0.0400. The largest absolute Gasteiger partial charge is 0.478 e. The third-order valence-corrected chi connectivity index (χ3v) is 4.96. The summed E-state index contributed by atoms with van der Waals surface area (Å²) in [7, 11) is 0. The number of rotatable bonds is 9. The van der Waals surface area contributed by atoms with E-state index in [9.17, 15) is 14.4 Å². The van der Waals surface area contributed by atoms with E-state index >= 15 is 0 Å². The molecule has 11 nitrogen and oxygen atoms in total. The van der Waals surface area contributed by atoms with E-state index in [1.165, 1.54) is 31.2 Å². The quantitative estimate of drug-likeness (QED) is 0.209. The van der Waals surface area contributed by atoms with Crippen LogP contribution in [0.15, 0.2) is 72.8 Å². The average molecular weight is 484 g/mol. The first-order chi connectivity index (χ1) is 17.3. The van der Waals surface area contributed by atoms with Crippen LogP contribution in [0.3, 0.4) is 0 Å². The van der Waals surface area contributed by atoms with E-state index in [1.54, 1.807) is 48.5 Å². The predicted octanol–water partition coefficient (Wildman–Crippen LogP) is 4.70. The van der Waals surface area contributed by atoms with E-state index in [0.29, 0.717) is 22.6 Å². The maximum atomic E-state index is 11.5. The van der Waals surface area contributed by atoms with Gasteiger partial charge >= 0.3 is 11.9 Å². The first kappa shape index (κ1) is 23.8. The maximum absolute atomic E-state index is 11.5. The minimum absolute atomic E-state index is 0.0532. The van der Waals surface area contributed by atoms with Crippen LogP contribution in [0, 0.1) is 0 Å². The molecule has 0 fully saturated rings. The van der Waals surface area contributed by atoms with Crippen LogP contribution in [0.5, 0.6) is 0 Å². The first-order valence-electron chi connectivity index (χ1n) is 10.6. The molecule has 0 aliphatic carbocycles. The van der Waals surface area contributed by atoms with Crippen molar-refractivity contribution in [2.75, 3.05) is 16.0 Å². The molecule has 0 bridgehead atoms. The smallest absolute Gasteiger partial charge is 0.335 e. The Morgan fingerprint density at radius 1 is 0.528 bits per heavy atom. The summed E-state index contributed by atoms with van der Waals surface area (Å²) >= 11 is 0. The van der Waals surface area contributed by atoms with Crippen molar-refractivity contribution in [2.24, 2.45) is 0 Å². The molecule has 0 saturated heterocycles. The number of aromatic carboxylic acids is 2. The fourth-order valence-electron chi connectivity index (χ4n) is 3.11. The number of carbonyl (C=O) groups is 3. The molecule has 0 radical (unpaired) electrons. The molecule has 36 heavy (non-hydrogen) atoms. The van der Waals surface area contributed by atoms with Gasteiger partial charge in [-0.1, -0.05) is 0 Å². The van der Waals surface area contributed by atoms with Gasteiger partial charge in [-0.05, 0) is 79.7 Å². The number of Topliss-reactive ketones (excluding diaryl/α,β-unsaturated/α-hetero) is 1. The zero-order chi connectivity index (χ0) is 25.7. The van der Waals surface area contributed by atoms with Gasteiger partial charge in [0.25, 0.3) is 0 Å². The van der Waals surface area contributed by atoms with Gasteiger partial charge in [0, 0.05) is 22.6 Å². The van der Waals surface area contributed by atoms with E-state index in [-0.39, 0.29) is 34.8 Å². The number of aromatic nitrogens is 3. The van der Waals surface area contributed by atoms with Crippen molar-refractivity contribution >= 4 is 52.6 Å². The Morgan fingerprint density at radius 3 is 1.06 bits per heavy atom. The Balaban J connectivity index is 1.62. The zero-order valence-corrected chi connectivity index (χ0v) is 18.9. The Bertz CT molecular complexity index is 1230. The number of nitrogens with zero attached hydrogens (tertiary/aromatic N) is 3. The van der Waals surface area contributed by atoms with Crippen molar-refractivity contribution in [3.8, 4) is 0 Å². The highest BCUT2D eigenvalue weighted by Gasteiger charge is 2.10. The lowest BCUT2D eigenvalue weighted by Gasteiger charge is -2.12. The second-order valence-corrected chi connectivity index (χ2v) is 7.58. The van der Waals surface area contributed by atoms with Crippen LogP contribution in [0.4, 0.5) is 34.9 Å². The molecular formula is C25H20N6O5. The maximum Gasteiger partial charge on any atom is 0.335 e. The molecule has 0 spiro atoms. The standard InChI is InChI=1S/C25H20N6O5/c1-14(32)15-2-8-18(9-3-15)26-23-29-24(27-19-10-4-16(5-11-19)21(33)34)31-25(30-23)28-20-12-6-17(7-13-20)22(35)36/h2-13H,1H3,(H,33,34)(H,35,36)(H3,26,27,28,29,30,31). The summed E-state index contributed by atoms with van der Waals surface area (Å²) in [6, 6.07) is 18.9. The van der Waals surface area contributed by atoms with Crippen molar-refractivity contribution in [3.05, 3.63) is 89.5 Å². The summed E-state index contributed by atoms with van der Waals surface area (Å²) < 4.78 is 0. The van der Waals surface area contributed by atoms with Crippen LogP contribution in [0.1, 0.15) is 38.0 Å². The molecular weight excluding hydrogens is 464 g/mol. The molecule has 3 aromatic carbocycles. The molecule has 1 aromatic heterocycles. The number of nitrogens with one attached hydrogen (secondary N) is 3. The second-order valence-electron chi connectivity index (χ2n) is 7.58. The molecule has 11 heteroatoms. The number of benzene rings is 3. The molecule has 0 aliphatic heterocycles. The summed E-state index contributed by atoms with van der Waals surface area (Å²) in [5.41, 5.74) is 2.59. The van der Waals surface area contributed by atoms with E-state index < -0.39 is 11.9 Å². The summed E-state index contributed by atoms with van der Waals surface area (Å²) in [4.78, 5) is 46.8. The van der Waals surface area contributed by atoms with Crippen LogP contribution in [-0.4, -0.2) is 42.9 Å². The predicted molar refractivity (Wildman–Crippen MR) is 133 cm³/mol. The third-order valence-electron chi connectivity index (χ3n) is 4.96. The van der Waals surface area contributed by atoms with Gasteiger partial charge in [-0.3, -0.25) is 4.79 Å². The highest BCUT2D eigenvalue weighted by atomic mass is 16.4. The lowest BCUT2D eigenvalue weighted by atomic mass is 10.1. The number of ketones is 1. The molecule has 0 atom stereocenters. The van der Waals surface area contributed by atoms with Gasteiger partial charge < -0.3 is 26.2 Å². The van der Waals surface area contributed by atoms with Crippen LogP contribution in [-0.2, 0) is 0 Å². The van der Waals surface area contributed by atoms with Gasteiger partial charge in [0.1, 0.15) is 0 Å². The molecule has 180 valence electrons. The minimum atomic E-state index is -1.04. The molecule has 0 amide bonds. The normalized spacial score (nSPS) is 10.4.